The summed E-state index contributed by atoms with van der Waals surface area (Å²) in [5.74, 6) is 0. The van der Waals surface area contributed by atoms with E-state index in [0.29, 0.717) is 14.2 Å². The number of nitro benzene ring substituents is 1. The second kappa shape index (κ2) is 5.74. The Balaban J connectivity index is 2.47. The molecule has 2 aromatic rings. The zero-order chi connectivity index (χ0) is 15.8. The largest absolute Gasteiger partial charge is 0.293 e. The van der Waals surface area contributed by atoms with Crippen LogP contribution in [0.5, 0.6) is 0 Å². The Bertz CT molecular complexity index is 815. The van der Waals surface area contributed by atoms with E-state index >= 15 is 0 Å². The van der Waals surface area contributed by atoms with Crippen LogP contribution in [0.4, 0.5) is 11.4 Å². The Hall–Kier alpha value is -1.45. The Kier molecular flexibility index (Phi) is 4.35. The predicted octanol–water partition coefficient (Wildman–Crippen LogP) is 3.84. The summed E-state index contributed by atoms with van der Waals surface area (Å²) in [5.41, 5.74) is 0.358. The van der Waals surface area contributed by atoms with E-state index < -0.39 is 14.9 Å². The molecule has 0 bridgehead atoms. The molecule has 1 N–H and O–H groups in total. The topological polar surface area (TPSA) is 89.3 Å². The standard InChI is InChI=1S/C12H11BrN2O4S2/c1-7-3-4-9(10(5-7)15(16)17)14-21(18,19)11-6-12(13)20-8(11)2/h3-6,14H,1-2H3. The van der Waals surface area contributed by atoms with Gasteiger partial charge in [0.05, 0.1) is 8.71 Å². The van der Waals surface area contributed by atoms with Crippen LogP contribution in [0.3, 0.4) is 0 Å². The first-order chi connectivity index (χ1) is 9.70. The van der Waals surface area contributed by atoms with Crippen molar-refractivity contribution >= 4 is 48.7 Å². The average molecular weight is 391 g/mol. The van der Waals surface area contributed by atoms with Crippen LogP contribution in [0.2, 0.25) is 0 Å². The Morgan fingerprint density at radius 1 is 1.29 bits per heavy atom. The van der Waals surface area contributed by atoms with Gasteiger partial charge in [-0.25, -0.2) is 8.42 Å². The lowest BCUT2D eigenvalue weighted by atomic mass is 10.2. The number of nitrogens with one attached hydrogen (secondary N) is 1. The molecule has 0 saturated carbocycles. The van der Waals surface area contributed by atoms with Crippen molar-refractivity contribution < 1.29 is 13.3 Å². The number of aryl methyl sites for hydroxylation is 2. The highest BCUT2D eigenvalue weighted by Gasteiger charge is 2.23. The van der Waals surface area contributed by atoms with Crippen LogP contribution in [0.25, 0.3) is 0 Å². The number of nitrogens with zero attached hydrogens (tertiary/aromatic N) is 1. The van der Waals surface area contributed by atoms with Crippen LogP contribution in [0.15, 0.2) is 32.9 Å². The van der Waals surface area contributed by atoms with E-state index in [9.17, 15) is 18.5 Å². The van der Waals surface area contributed by atoms with Gasteiger partial charge < -0.3 is 0 Å². The van der Waals surface area contributed by atoms with E-state index in [1.165, 1.54) is 29.5 Å². The number of rotatable bonds is 4. The van der Waals surface area contributed by atoms with E-state index in [-0.39, 0.29) is 16.3 Å². The van der Waals surface area contributed by atoms with Gasteiger partial charge in [-0.3, -0.25) is 14.8 Å². The minimum Gasteiger partial charge on any atom is -0.273 e. The van der Waals surface area contributed by atoms with Crippen molar-refractivity contribution in [1.29, 1.82) is 0 Å². The van der Waals surface area contributed by atoms with Crippen molar-refractivity contribution in [3.05, 3.63) is 48.6 Å². The van der Waals surface area contributed by atoms with Crippen LogP contribution in [-0.4, -0.2) is 13.3 Å². The van der Waals surface area contributed by atoms with Crippen molar-refractivity contribution in [2.75, 3.05) is 4.72 Å². The molecule has 6 nitrogen and oxygen atoms in total. The summed E-state index contributed by atoms with van der Waals surface area (Å²) in [7, 11) is -3.87. The molecule has 1 heterocycles. The number of sulfonamides is 1. The molecule has 2 rings (SSSR count). The molecule has 0 aliphatic heterocycles. The van der Waals surface area contributed by atoms with E-state index in [4.69, 9.17) is 0 Å². The first kappa shape index (κ1) is 15.9. The molecule has 0 atom stereocenters. The van der Waals surface area contributed by atoms with Crippen molar-refractivity contribution in [3.63, 3.8) is 0 Å². The molecule has 1 aromatic heterocycles. The molecule has 1 aromatic carbocycles. The highest BCUT2D eigenvalue weighted by atomic mass is 79.9. The SMILES string of the molecule is Cc1ccc(NS(=O)(=O)c2cc(Br)sc2C)c([N+](=O)[O-])c1. The van der Waals surface area contributed by atoms with Gasteiger partial charge in [0.15, 0.2) is 0 Å². The van der Waals surface area contributed by atoms with Gasteiger partial charge in [0.2, 0.25) is 0 Å². The lowest BCUT2D eigenvalue weighted by molar-refractivity contribution is -0.383. The number of nitro groups is 1. The van der Waals surface area contributed by atoms with Crippen molar-refractivity contribution in [2.24, 2.45) is 0 Å². The van der Waals surface area contributed by atoms with E-state index in [1.807, 2.05) is 0 Å². The monoisotopic (exact) mass is 390 g/mol. The molecule has 0 amide bonds. The fraction of sp³-hybridized carbons (Fsp3) is 0.167. The number of hydrogen-bond acceptors (Lipinski definition) is 5. The molecule has 0 radical (unpaired) electrons. The minimum atomic E-state index is -3.87. The van der Waals surface area contributed by atoms with Crippen LogP contribution < -0.4 is 4.72 Å². The second-order valence-electron chi connectivity index (χ2n) is 4.35. The Morgan fingerprint density at radius 3 is 2.48 bits per heavy atom. The van der Waals surface area contributed by atoms with E-state index in [0.717, 1.165) is 0 Å². The minimum absolute atomic E-state index is 0.0488. The smallest absolute Gasteiger partial charge is 0.273 e. The summed E-state index contributed by atoms with van der Waals surface area (Å²) in [5, 5.41) is 11.0. The number of halogens is 1. The van der Waals surface area contributed by atoms with E-state index in [2.05, 4.69) is 20.7 Å². The number of anilines is 1. The third-order valence-electron chi connectivity index (χ3n) is 2.73. The zero-order valence-corrected chi connectivity index (χ0v) is 14.3. The van der Waals surface area contributed by atoms with Crippen molar-refractivity contribution in [1.82, 2.24) is 0 Å². The van der Waals surface area contributed by atoms with Gasteiger partial charge in [0.25, 0.3) is 15.7 Å². The number of hydrogen-bond donors (Lipinski definition) is 1. The lowest BCUT2D eigenvalue weighted by Crippen LogP contribution is -2.14. The van der Waals surface area contributed by atoms with Crippen LogP contribution in [0.1, 0.15) is 10.4 Å². The van der Waals surface area contributed by atoms with Gasteiger partial charge in [-0.15, -0.1) is 11.3 Å². The summed E-state index contributed by atoms with van der Waals surface area (Å²) in [4.78, 5) is 11.1. The van der Waals surface area contributed by atoms with Gasteiger partial charge in [-0.05, 0) is 47.5 Å². The highest BCUT2D eigenvalue weighted by Crippen LogP contribution is 2.33. The highest BCUT2D eigenvalue weighted by molar-refractivity contribution is 9.11. The predicted molar refractivity (Wildman–Crippen MR) is 85.4 cm³/mol. The average Bonchev–Trinajstić information content (AvgIpc) is 2.71. The van der Waals surface area contributed by atoms with Crippen molar-refractivity contribution in [2.45, 2.75) is 18.7 Å². The lowest BCUT2D eigenvalue weighted by Gasteiger charge is -2.08. The molecule has 0 spiro atoms. The fourth-order valence-corrected chi connectivity index (χ4v) is 5.27. The second-order valence-corrected chi connectivity index (χ2v) is 8.64. The molecule has 0 saturated heterocycles. The van der Waals surface area contributed by atoms with Gasteiger partial charge in [0.1, 0.15) is 10.6 Å². The Labute approximate surface area is 134 Å². The molecule has 9 heteroatoms. The van der Waals surface area contributed by atoms with Crippen LogP contribution in [-0.2, 0) is 10.0 Å². The molecular formula is C12H11BrN2O4S2. The Morgan fingerprint density at radius 2 is 1.95 bits per heavy atom. The number of thiophene rings is 1. The molecule has 0 aliphatic carbocycles. The molecule has 0 unspecified atom stereocenters. The van der Waals surface area contributed by atoms with Crippen LogP contribution in [0, 0.1) is 24.0 Å². The maximum Gasteiger partial charge on any atom is 0.293 e. The summed E-state index contributed by atoms with van der Waals surface area (Å²) < 4.78 is 27.7. The molecular weight excluding hydrogens is 380 g/mol. The van der Waals surface area contributed by atoms with Gasteiger partial charge in [-0.2, -0.15) is 0 Å². The van der Waals surface area contributed by atoms with Gasteiger partial charge >= 0.3 is 0 Å². The zero-order valence-electron chi connectivity index (χ0n) is 11.1. The summed E-state index contributed by atoms with van der Waals surface area (Å²) in [6, 6.07) is 5.81. The molecule has 112 valence electrons. The third kappa shape index (κ3) is 3.42. The maximum absolute atomic E-state index is 12.3. The summed E-state index contributed by atoms with van der Waals surface area (Å²) in [6.07, 6.45) is 0. The van der Waals surface area contributed by atoms with Crippen molar-refractivity contribution in [3.8, 4) is 0 Å². The fourth-order valence-electron chi connectivity index (χ4n) is 1.78. The quantitative estimate of drug-likeness (QED) is 0.634. The van der Waals surface area contributed by atoms with Crippen LogP contribution >= 0.6 is 27.3 Å². The first-order valence-corrected chi connectivity index (χ1v) is 8.84. The number of benzene rings is 1. The third-order valence-corrected chi connectivity index (χ3v) is 5.90. The normalized spacial score (nSPS) is 11.4. The maximum atomic E-state index is 12.3. The summed E-state index contributed by atoms with van der Waals surface area (Å²) in [6.45, 7) is 3.37. The first-order valence-electron chi connectivity index (χ1n) is 5.74. The van der Waals surface area contributed by atoms with E-state index in [1.54, 1.807) is 19.9 Å². The van der Waals surface area contributed by atoms with Gasteiger partial charge in [-0.1, -0.05) is 6.07 Å². The molecule has 21 heavy (non-hydrogen) atoms. The summed E-state index contributed by atoms with van der Waals surface area (Å²) >= 11 is 4.51. The molecule has 0 fully saturated rings. The molecule has 0 aliphatic rings. The van der Waals surface area contributed by atoms with Gasteiger partial charge in [0, 0.05) is 10.9 Å².